The van der Waals surface area contributed by atoms with Crippen LogP contribution in [0.3, 0.4) is 0 Å². The van der Waals surface area contributed by atoms with E-state index >= 15 is 0 Å². The molecule has 0 amide bonds. The van der Waals surface area contributed by atoms with Crippen molar-refractivity contribution in [2.75, 3.05) is 12.3 Å². The molecule has 3 atom stereocenters. The van der Waals surface area contributed by atoms with Gasteiger partial charge in [0.2, 0.25) is 0 Å². The van der Waals surface area contributed by atoms with E-state index in [0.717, 1.165) is 6.42 Å². The predicted molar refractivity (Wildman–Crippen MR) is 74.9 cm³/mol. The zero-order valence-corrected chi connectivity index (χ0v) is 12.4. The Morgan fingerprint density at radius 2 is 2.05 bits per heavy atom. The largest absolute Gasteiger partial charge is 0.396 e. The second kappa shape index (κ2) is 5.09. The van der Waals surface area contributed by atoms with Crippen molar-refractivity contribution in [3.8, 4) is 0 Å². The Bertz CT molecular complexity index is 559. The molecule has 1 aromatic rings. The zero-order chi connectivity index (χ0) is 14.2. The van der Waals surface area contributed by atoms with Crippen molar-refractivity contribution >= 4 is 15.7 Å². The van der Waals surface area contributed by atoms with Crippen LogP contribution in [0, 0.1) is 11.8 Å². The van der Waals surface area contributed by atoms with Crippen LogP contribution in [0.2, 0.25) is 0 Å². The fourth-order valence-corrected chi connectivity index (χ4v) is 4.59. The van der Waals surface area contributed by atoms with Crippen molar-refractivity contribution in [2.45, 2.75) is 38.3 Å². The van der Waals surface area contributed by atoms with Crippen molar-refractivity contribution < 1.29 is 8.42 Å². The van der Waals surface area contributed by atoms with Crippen LogP contribution in [0.15, 0.2) is 23.4 Å². The highest BCUT2D eigenvalue weighted by Gasteiger charge is 2.38. The highest BCUT2D eigenvalue weighted by molar-refractivity contribution is 7.89. The van der Waals surface area contributed by atoms with Gasteiger partial charge in [0, 0.05) is 18.8 Å². The second-order valence-corrected chi connectivity index (χ2v) is 7.34. The zero-order valence-electron chi connectivity index (χ0n) is 11.6. The number of sulfonamides is 1. The fourth-order valence-electron chi connectivity index (χ4n) is 2.71. The molecule has 0 radical (unpaired) electrons. The molecular weight excluding hydrogens is 262 g/mol. The minimum absolute atomic E-state index is 0.0249. The normalized spacial score (nSPS) is 29.3. The number of rotatable bonds is 2. The topological polar surface area (TPSA) is 76.3 Å². The molecule has 6 heteroatoms. The summed E-state index contributed by atoms with van der Waals surface area (Å²) >= 11 is 0. The highest BCUT2D eigenvalue weighted by atomic mass is 32.2. The van der Waals surface area contributed by atoms with E-state index in [0.29, 0.717) is 18.4 Å². The summed E-state index contributed by atoms with van der Waals surface area (Å²) < 4.78 is 26.9. The smallest absolute Gasteiger partial charge is 0.262 e. The van der Waals surface area contributed by atoms with Gasteiger partial charge in [0.25, 0.3) is 10.0 Å². The lowest BCUT2D eigenvalue weighted by atomic mass is 9.88. The number of hydrogen-bond donors (Lipinski definition) is 1. The van der Waals surface area contributed by atoms with Gasteiger partial charge < -0.3 is 5.73 Å². The fraction of sp³-hybridized carbons (Fsp3) is 0.615. The molecule has 5 nitrogen and oxygen atoms in total. The number of nitrogens with zero attached hydrogens (tertiary/aromatic N) is 2. The maximum Gasteiger partial charge on any atom is 0.262 e. The molecule has 1 aliphatic rings. The van der Waals surface area contributed by atoms with Gasteiger partial charge in [-0.1, -0.05) is 13.8 Å². The third-order valence-electron chi connectivity index (χ3n) is 3.90. The summed E-state index contributed by atoms with van der Waals surface area (Å²) in [6.07, 6.45) is 2.51. The van der Waals surface area contributed by atoms with Crippen LogP contribution < -0.4 is 5.73 Å². The van der Waals surface area contributed by atoms with Crippen molar-refractivity contribution in [3.63, 3.8) is 0 Å². The summed E-state index contributed by atoms with van der Waals surface area (Å²) in [5.74, 6) is 0.689. The number of hydrogen-bond acceptors (Lipinski definition) is 4. The Labute approximate surface area is 114 Å². The van der Waals surface area contributed by atoms with E-state index in [9.17, 15) is 8.42 Å². The average Bonchev–Trinajstić information content (AvgIpc) is 2.34. The van der Waals surface area contributed by atoms with Gasteiger partial charge in [-0.15, -0.1) is 0 Å². The van der Waals surface area contributed by atoms with E-state index in [1.165, 1.54) is 6.20 Å². The van der Waals surface area contributed by atoms with Crippen molar-refractivity contribution in [1.29, 1.82) is 0 Å². The van der Waals surface area contributed by atoms with Crippen LogP contribution in [0.4, 0.5) is 5.69 Å². The highest BCUT2D eigenvalue weighted by Crippen LogP contribution is 2.32. The number of nitrogen functional groups attached to an aromatic ring is 1. The average molecular weight is 283 g/mol. The summed E-state index contributed by atoms with van der Waals surface area (Å²) in [5, 5.41) is -0.0249. The summed E-state index contributed by atoms with van der Waals surface area (Å²) in [4.78, 5) is 3.96. The first kappa shape index (κ1) is 14.3. The van der Waals surface area contributed by atoms with Gasteiger partial charge in [-0.2, -0.15) is 4.31 Å². The molecular formula is C13H21N3O2S. The molecule has 0 aromatic carbocycles. The standard InChI is InChI=1S/C13H21N3O2S/c1-9-7-10(2)11(3)16(8-9)19(17,18)13-12(14)5-4-6-15-13/h4-6,9-11H,7-8,14H2,1-3H3. The minimum Gasteiger partial charge on any atom is -0.396 e. The van der Waals surface area contributed by atoms with Crippen LogP contribution in [-0.4, -0.2) is 30.3 Å². The van der Waals surface area contributed by atoms with E-state index in [1.54, 1.807) is 16.4 Å². The number of aromatic nitrogens is 1. The summed E-state index contributed by atoms with van der Waals surface area (Å²) in [7, 11) is -3.61. The Hall–Kier alpha value is -1.14. The monoisotopic (exact) mass is 283 g/mol. The number of piperidine rings is 1. The van der Waals surface area contributed by atoms with E-state index in [-0.39, 0.29) is 16.8 Å². The minimum atomic E-state index is -3.61. The van der Waals surface area contributed by atoms with E-state index in [4.69, 9.17) is 5.73 Å². The van der Waals surface area contributed by atoms with Gasteiger partial charge >= 0.3 is 0 Å². The molecule has 2 heterocycles. The van der Waals surface area contributed by atoms with E-state index in [2.05, 4.69) is 18.8 Å². The Morgan fingerprint density at radius 1 is 1.37 bits per heavy atom. The Morgan fingerprint density at radius 3 is 2.68 bits per heavy atom. The first-order valence-corrected chi connectivity index (χ1v) is 8.00. The molecule has 0 bridgehead atoms. The maximum atomic E-state index is 12.7. The molecule has 1 aliphatic heterocycles. The lowest BCUT2D eigenvalue weighted by Crippen LogP contribution is -2.49. The van der Waals surface area contributed by atoms with Crippen molar-refractivity contribution in [2.24, 2.45) is 11.8 Å². The van der Waals surface area contributed by atoms with Crippen LogP contribution in [-0.2, 0) is 10.0 Å². The number of nitrogens with two attached hydrogens (primary N) is 1. The lowest BCUT2D eigenvalue weighted by molar-refractivity contribution is 0.157. The van der Waals surface area contributed by atoms with Crippen molar-refractivity contribution in [3.05, 3.63) is 18.3 Å². The summed E-state index contributed by atoms with van der Waals surface area (Å²) in [6.45, 7) is 6.65. The third-order valence-corrected chi connectivity index (χ3v) is 5.83. The first-order chi connectivity index (χ1) is 8.84. The van der Waals surface area contributed by atoms with Gasteiger partial charge in [0.05, 0.1) is 5.69 Å². The number of anilines is 1. The molecule has 2 rings (SSSR count). The first-order valence-electron chi connectivity index (χ1n) is 6.56. The van der Waals surface area contributed by atoms with Gasteiger partial charge in [-0.3, -0.25) is 0 Å². The molecule has 2 N–H and O–H groups in total. The summed E-state index contributed by atoms with van der Waals surface area (Å²) in [6, 6.07) is 3.18. The second-order valence-electron chi connectivity index (χ2n) is 5.53. The van der Waals surface area contributed by atoms with E-state index < -0.39 is 10.0 Å². The molecule has 0 aliphatic carbocycles. The molecule has 1 aromatic heterocycles. The van der Waals surface area contributed by atoms with Gasteiger partial charge in [-0.25, -0.2) is 13.4 Å². The number of pyridine rings is 1. The third kappa shape index (κ3) is 2.60. The van der Waals surface area contributed by atoms with Crippen molar-refractivity contribution in [1.82, 2.24) is 9.29 Å². The van der Waals surface area contributed by atoms with Gasteiger partial charge in [0.1, 0.15) is 0 Å². The van der Waals surface area contributed by atoms with Crippen LogP contribution in [0.25, 0.3) is 0 Å². The molecule has 19 heavy (non-hydrogen) atoms. The molecule has 0 spiro atoms. The van der Waals surface area contributed by atoms with Crippen LogP contribution >= 0.6 is 0 Å². The maximum absolute atomic E-state index is 12.7. The predicted octanol–water partition coefficient (Wildman–Crippen LogP) is 1.72. The Kier molecular flexibility index (Phi) is 3.82. The molecule has 1 fully saturated rings. The lowest BCUT2D eigenvalue weighted by Gasteiger charge is -2.39. The molecule has 0 saturated carbocycles. The van der Waals surface area contributed by atoms with Gasteiger partial charge in [0.15, 0.2) is 5.03 Å². The molecule has 1 saturated heterocycles. The summed E-state index contributed by atoms with van der Waals surface area (Å²) in [5.41, 5.74) is 5.97. The van der Waals surface area contributed by atoms with Crippen LogP contribution in [0.5, 0.6) is 0 Å². The van der Waals surface area contributed by atoms with Gasteiger partial charge in [-0.05, 0) is 37.3 Å². The molecule has 3 unspecified atom stereocenters. The SMILES string of the molecule is CC1CC(C)C(C)N(S(=O)(=O)c2ncccc2N)C1. The van der Waals surface area contributed by atoms with E-state index in [1.807, 2.05) is 6.92 Å². The molecule has 106 valence electrons. The van der Waals surface area contributed by atoms with Crippen LogP contribution in [0.1, 0.15) is 27.2 Å². The quantitative estimate of drug-likeness (QED) is 0.896. The Balaban J connectivity index is 2.42.